The van der Waals surface area contributed by atoms with Crippen LogP contribution in [0.4, 0.5) is 0 Å². The van der Waals surface area contributed by atoms with Crippen molar-refractivity contribution in [2.45, 2.75) is 38.8 Å². The van der Waals surface area contributed by atoms with Gasteiger partial charge in [0.15, 0.2) is 0 Å². The van der Waals surface area contributed by atoms with E-state index in [1.54, 1.807) is 7.11 Å². The molecule has 0 saturated heterocycles. The summed E-state index contributed by atoms with van der Waals surface area (Å²) in [7, 11) is 1.74. The Morgan fingerprint density at radius 3 is 2.21 bits per heavy atom. The Hall–Kier alpha value is -2.78. The molecule has 3 aromatic rings. The quantitative estimate of drug-likeness (QED) is 0.445. The molecule has 1 atom stereocenters. The summed E-state index contributed by atoms with van der Waals surface area (Å²) in [5.41, 5.74) is 3.79. The fourth-order valence-electron chi connectivity index (χ4n) is 3.58. The highest BCUT2D eigenvalue weighted by molar-refractivity contribution is 5.43. The summed E-state index contributed by atoms with van der Waals surface area (Å²) in [6.45, 7) is 5.89. The second-order valence-electron chi connectivity index (χ2n) is 7.48. The fourth-order valence-corrected chi connectivity index (χ4v) is 3.58. The summed E-state index contributed by atoms with van der Waals surface area (Å²) in [5.74, 6) is 2.09. The van der Waals surface area contributed by atoms with E-state index in [0.717, 1.165) is 31.0 Å². The predicted octanol–water partition coefficient (Wildman–Crippen LogP) is 5.79. The van der Waals surface area contributed by atoms with Crippen molar-refractivity contribution < 1.29 is 9.47 Å². The largest absolute Gasteiger partial charge is 0.496 e. The van der Waals surface area contributed by atoms with E-state index in [0.29, 0.717) is 0 Å². The standard InChI is InChI=1S/C26H31NO2/c1-20(2)29-23-15-13-22(14-16-23)24(25-11-7-8-12-26(25)28-3)17-18-27-19-21-9-5-4-6-10-21/h4-16,20,24,27H,17-19H2,1-3H3/t24-/m0/s1. The Morgan fingerprint density at radius 1 is 0.828 bits per heavy atom. The first-order valence-corrected chi connectivity index (χ1v) is 10.3. The molecule has 1 N–H and O–H groups in total. The SMILES string of the molecule is COc1ccccc1[C@@H](CCNCc1ccccc1)c1ccc(OC(C)C)cc1. The van der Waals surface area contributed by atoms with Gasteiger partial charge in [0.2, 0.25) is 0 Å². The number of hydrogen-bond acceptors (Lipinski definition) is 3. The van der Waals surface area contributed by atoms with E-state index in [1.165, 1.54) is 16.7 Å². The van der Waals surface area contributed by atoms with Crippen molar-refractivity contribution in [1.29, 1.82) is 0 Å². The van der Waals surface area contributed by atoms with Crippen molar-refractivity contribution in [2.75, 3.05) is 13.7 Å². The Labute approximate surface area is 174 Å². The number of hydrogen-bond donors (Lipinski definition) is 1. The zero-order chi connectivity index (χ0) is 20.5. The zero-order valence-electron chi connectivity index (χ0n) is 17.6. The van der Waals surface area contributed by atoms with Crippen LogP contribution in [0.2, 0.25) is 0 Å². The van der Waals surface area contributed by atoms with Gasteiger partial charge in [0.05, 0.1) is 13.2 Å². The van der Waals surface area contributed by atoms with Gasteiger partial charge in [-0.1, -0.05) is 60.7 Å². The Bertz CT molecular complexity index is 859. The van der Waals surface area contributed by atoms with Crippen LogP contribution in [-0.2, 0) is 6.54 Å². The Kier molecular flexibility index (Phi) is 7.71. The molecule has 29 heavy (non-hydrogen) atoms. The van der Waals surface area contributed by atoms with Crippen molar-refractivity contribution in [2.24, 2.45) is 0 Å². The third-order valence-electron chi connectivity index (χ3n) is 4.95. The molecule has 3 aromatic carbocycles. The highest BCUT2D eigenvalue weighted by atomic mass is 16.5. The summed E-state index contributed by atoms with van der Waals surface area (Å²) >= 11 is 0. The topological polar surface area (TPSA) is 30.5 Å². The second kappa shape index (κ2) is 10.7. The van der Waals surface area contributed by atoms with Crippen molar-refractivity contribution in [1.82, 2.24) is 5.32 Å². The number of rotatable bonds is 10. The molecule has 0 saturated carbocycles. The first-order chi connectivity index (χ1) is 14.2. The summed E-state index contributed by atoms with van der Waals surface area (Å²) in [6.07, 6.45) is 1.16. The summed E-state index contributed by atoms with van der Waals surface area (Å²) in [5, 5.41) is 3.58. The number of methoxy groups -OCH3 is 1. The molecule has 0 aliphatic rings. The normalized spacial score (nSPS) is 12.0. The van der Waals surface area contributed by atoms with Crippen molar-refractivity contribution in [3.8, 4) is 11.5 Å². The number of para-hydroxylation sites is 1. The zero-order valence-corrected chi connectivity index (χ0v) is 17.6. The minimum Gasteiger partial charge on any atom is -0.496 e. The number of nitrogens with one attached hydrogen (secondary N) is 1. The first-order valence-electron chi connectivity index (χ1n) is 10.3. The minimum absolute atomic E-state index is 0.174. The van der Waals surface area contributed by atoms with E-state index in [2.05, 4.69) is 66.0 Å². The van der Waals surface area contributed by atoms with Gasteiger partial charge in [0.25, 0.3) is 0 Å². The van der Waals surface area contributed by atoms with Gasteiger partial charge in [-0.25, -0.2) is 0 Å². The number of ether oxygens (including phenoxy) is 2. The van der Waals surface area contributed by atoms with Crippen LogP contribution in [0.25, 0.3) is 0 Å². The molecule has 3 rings (SSSR count). The maximum atomic E-state index is 5.81. The van der Waals surface area contributed by atoms with Crippen molar-refractivity contribution in [3.63, 3.8) is 0 Å². The lowest BCUT2D eigenvalue weighted by atomic mass is 9.88. The van der Waals surface area contributed by atoms with E-state index in [1.807, 2.05) is 32.0 Å². The first kappa shape index (κ1) is 20.9. The highest BCUT2D eigenvalue weighted by Crippen LogP contribution is 2.34. The van der Waals surface area contributed by atoms with E-state index in [-0.39, 0.29) is 12.0 Å². The van der Waals surface area contributed by atoms with Gasteiger partial charge in [-0.3, -0.25) is 0 Å². The number of benzene rings is 3. The molecule has 0 aliphatic carbocycles. The summed E-state index contributed by atoms with van der Waals surface area (Å²) in [4.78, 5) is 0. The monoisotopic (exact) mass is 389 g/mol. The molecule has 0 fully saturated rings. The van der Waals surface area contributed by atoms with Gasteiger partial charge in [0.1, 0.15) is 11.5 Å². The van der Waals surface area contributed by atoms with Crippen molar-refractivity contribution in [3.05, 3.63) is 95.6 Å². The smallest absolute Gasteiger partial charge is 0.122 e. The van der Waals surface area contributed by atoms with E-state index < -0.39 is 0 Å². The summed E-state index contributed by atoms with van der Waals surface area (Å²) < 4.78 is 11.5. The molecule has 0 heterocycles. The molecule has 0 unspecified atom stereocenters. The molecule has 0 aliphatic heterocycles. The Morgan fingerprint density at radius 2 is 1.52 bits per heavy atom. The molecule has 0 aromatic heterocycles. The summed E-state index contributed by atoms with van der Waals surface area (Å²) in [6, 6.07) is 27.3. The lowest BCUT2D eigenvalue weighted by molar-refractivity contribution is 0.242. The molecular formula is C26H31NO2. The van der Waals surface area contributed by atoms with E-state index in [4.69, 9.17) is 9.47 Å². The van der Waals surface area contributed by atoms with Gasteiger partial charge in [0, 0.05) is 18.0 Å². The highest BCUT2D eigenvalue weighted by Gasteiger charge is 2.18. The maximum absolute atomic E-state index is 5.81. The Balaban J connectivity index is 1.74. The molecule has 3 heteroatoms. The molecule has 152 valence electrons. The molecule has 0 radical (unpaired) electrons. The van der Waals surface area contributed by atoms with Crippen LogP contribution in [0.5, 0.6) is 11.5 Å². The van der Waals surface area contributed by atoms with Gasteiger partial charge < -0.3 is 14.8 Å². The molecule has 3 nitrogen and oxygen atoms in total. The van der Waals surface area contributed by atoms with Crippen LogP contribution in [-0.4, -0.2) is 19.8 Å². The van der Waals surface area contributed by atoms with Gasteiger partial charge in [-0.15, -0.1) is 0 Å². The molecular weight excluding hydrogens is 358 g/mol. The average Bonchev–Trinajstić information content (AvgIpc) is 2.75. The van der Waals surface area contributed by atoms with E-state index in [9.17, 15) is 0 Å². The molecule has 0 spiro atoms. The minimum atomic E-state index is 0.174. The third-order valence-corrected chi connectivity index (χ3v) is 4.95. The van der Waals surface area contributed by atoms with Crippen molar-refractivity contribution >= 4 is 0 Å². The van der Waals surface area contributed by atoms with Gasteiger partial charge >= 0.3 is 0 Å². The molecule has 0 amide bonds. The van der Waals surface area contributed by atoms with Crippen LogP contribution < -0.4 is 14.8 Å². The van der Waals surface area contributed by atoms with Crippen LogP contribution in [0.15, 0.2) is 78.9 Å². The van der Waals surface area contributed by atoms with Crippen LogP contribution in [0.1, 0.15) is 42.9 Å². The van der Waals surface area contributed by atoms with Crippen LogP contribution in [0, 0.1) is 0 Å². The lowest BCUT2D eigenvalue weighted by Gasteiger charge is -2.21. The van der Waals surface area contributed by atoms with Gasteiger partial charge in [-0.05, 0) is 56.1 Å². The third kappa shape index (κ3) is 6.10. The van der Waals surface area contributed by atoms with Crippen LogP contribution in [0.3, 0.4) is 0 Å². The van der Waals surface area contributed by atoms with Crippen LogP contribution >= 0.6 is 0 Å². The predicted molar refractivity (Wildman–Crippen MR) is 120 cm³/mol. The molecule has 0 bridgehead atoms. The van der Waals surface area contributed by atoms with Gasteiger partial charge in [-0.2, -0.15) is 0 Å². The average molecular weight is 390 g/mol. The maximum Gasteiger partial charge on any atom is 0.122 e. The second-order valence-corrected chi connectivity index (χ2v) is 7.48. The van der Waals surface area contributed by atoms with E-state index >= 15 is 0 Å². The lowest BCUT2D eigenvalue weighted by Crippen LogP contribution is -2.18. The fraction of sp³-hybridized carbons (Fsp3) is 0.308.